The Morgan fingerprint density at radius 3 is 2.82 bits per heavy atom. The zero-order valence-corrected chi connectivity index (χ0v) is 15.7. The van der Waals surface area contributed by atoms with E-state index in [0.29, 0.717) is 30.4 Å². The van der Waals surface area contributed by atoms with Gasteiger partial charge >= 0.3 is 0 Å². The third-order valence-electron chi connectivity index (χ3n) is 4.16. The molecule has 1 N–H and O–H groups in total. The molecule has 120 valence electrons. The lowest BCUT2D eigenvalue weighted by Crippen LogP contribution is -2.36. The molecule has 1 fully saturated rings. The van der Waals surface area contributed by atoms with Crippen LogP contribution in [-0.2, 0) is 16.4 Å². The molecule has 1 aromatic heterocycles. The number of halogens is 1. The maximum absolute atomic E-state index is 11.5. The predicted octanol–water partition coefficient (Wildman–Crippen LogP) is 3.02. The molecule has 0 aromatic carbocycles. The van der Waals surface area contributed by atoms with Crippen molar-refractivity contribution in [2.24, 2.45) is 0 Å². The number of hydrogen-bond donors (Lipinski definition) is 1. The fraction of sp³-hybridized carbons (Fsp3) is 0.467. The van der Waals surface area contributed by atoms with Gasteiger partial charge in [-0.15, -0.1) is 11.3 Å². The van der Waals surface area contributed by atoms with E-state index < -0.39 is 9.84 Å². The van der Waals surface area contributed by atoms with Gasteiger partial charge in [-0.2, -0.15) is 0 Å². The Balaban J connectivity index is 1.66. The Bertz CT molecular complexity index is 723. The van der Waals surface area contributed by atoms with Crippen molar-refractivity contribution in [3.8, 4) is 0 Å². The number of rotatable bonds is 3. The van der Waals surface area contributed by atoms with Crippen molar-refractivity contribution in [1.82, 2.24) is 10.2 Å². The molecule has 0 saturated carbocycles. The van der Waals surface area contributed by atoms with Gasteiger partial charge in [-0.05, 0) is 34.8 Å². The molecule has 0 spiro atoms. The monoisotopic (exact) mass is 402 g/mol. The summed E-state index contributed by atoms with van der Waals surface area (Å²) in [5, 5.41) is 3.49. The van der Waals surface area contributed by atoms with E-state index in [-0.39, 0.29) is 0 Å². The summed E-state index contributed by atoms with van der Waals surface area (Å²) in [7, 11) is -0.799. The first-order valence-corrected chi connectivity index (χ1v) is 10.6. The minimum absolute atomic E-state index is 0.299. The van der Waals surface area contributed by atoms with Crippen molar-refractivity contribution < 1.29 is 8.42 Å². The van der Waals surface area contributed by atoms with Gasteiger partial charge in [0.25, 0.3) is 0 Å². The van der Waals surface area contributed by atoms with Crippen LogP contribution >= 0.6 is 27.3 Å². The van der Waals surface area contributed by atoms with Crippen molar-refractivity contribution in [3.63, 3.8) is 0 Å². The van der Waals surface area contributed by atoms with E-state index in [1.54, 1.807) is 11.3 Å². The van der Waals surface area contributed by atoms with Crippen molar-refractivity contribution in [1.29, 1.82) is 0 Å². The lowest BCUT2D eigenvalue weighted by Gasteiger charge is -2.22. The second-order valence-corrected chi connectivity index (χ2v) is 10.1. The van der Waals surface area contributed by atoms with E-state index >= 15 is 0 Å². The molecule has 22 heavy (non-hydrogen) atoms. The molecule has 0 atom stereocenters. The Morgan fingerprint density at radius 1 is 1.45 bits per heavy atom. The number of fused-ring (bicyclic) bond motifs is 1. The maximum Gasteiger partial charge on any atom is 0.150 e. The van der Waals surface area contributed by atoms with E-state index in [4.69, 9.17) is 0 Å². The second-order valence-electron chi connectivity index (χ2n) is 5.80. The highest BCUT2D eigenvalue weighted by atomic mass is 79.9. The SMILES string of the molecule is C=C1c2cc(CNC3CCS(=O)(=O)CC3)sc2C(Br)=CN1C. The fourth-order valence-corrected chi connectivity index (χ4v) is 6.04. The van der Waals surface area contributed by atoms with Crippen molar-refractivity contribution >= 4 is 47.3 Å². The van der Waals surface area contributed by atoms with Crippen LogP contribution in [0.15, 0.2) is 18.8 Å². The molecule has 3 heterocycles. The van der Waals surface area contributed by atoms with Gasteiger partial charge in [-0.3, -0.25) is 0 Å². The topological polar surface area (TPSA) is 49.4 Å². The van der Waals surface area contributed by atoms with Gasteiger partial charge in [0.05, 0.1) is 20.9 Å². The molecule has 1 aromatic rings. The van der Waals surface area contributed by atoms with Crippen LogP contribution < -0.4 is 5.32 Å². The van der Waals surface area contributed by atoms with Gasteiger partial charge in [0.1, 0.15) is 9.84 Å². The lowest BCUT2D eigenvalue weighted by atomic mass is 10.1. The summed E-state index contributed by atoms with van der Waals surface area (Å²) in [6, 6.07) is 2.48. The first kappa shape index (κ1) is 16.2. The van der Waals surface area contributed by atoms with Crippen LogP contribution in [0.4, 0.5) is 0 Å². The van der Waals surface area contributed by atoms with Gasteiger partial charge < -0.3 is 10.2 Å². The average molecular weight is 403 g/mol. The summed E-state index contributed by atoms with van der Waals surface area (Å²) in [5.41, 5.74) is 2.18. The minimum atomic E-state index is -2.79. The zero-order chi connectivity index (χ0) is 15.9. The molecule has 0 bridgehead atoms. The van der Waals surface area contributed by atoms with Crippen LogP contribution in [0.1, 0.15) is 28.2 Å². The first-order chi connectivity index (χ1) is 10.4. The van der Waals surface area contributed by atoms with Gasteiger partial charge in [0.15, 0.2) is 0 Å². The number of nitrogens with zero attached hydrogens (tertiary/aromatic N) is 1. The molecule has 4 nitrogen and oxygen atoms in total. The molecule has 0 unspecified atom stereocenters. The van der Waals surface area contributed by atoms with E-state index in [2.05, 4.69) is 33.9 Å². The van der Waals surface area contributed by atoms with Crippen molar-refractivity contribution in [2.45, 2.75) is 25.4 Å². The number of sulfone groups is 1. The number of thiophene rings is 1. The van der Waals surface area contributed by atoms with Crippen LogP contribution in [-0.4, -0.2) is 37.9 Å². The van der Waals surface area contributed by atoms with E-state index in [1.165, 1.54) is 15.3 Å². The summed E-state index contributed by atoms with van der Waals surface area (Å²) in [5.74, 6) is 0.614. The van der Waals surface area contributed by atoms with Crippen molar-refractivity contribution in [2.75, 3.05) is 18.6 Å². The largest absolute Gasteiger partial charge is 0.350 e. The van der Waals surface area contributed by atoms with Gasteiger partial charge in [-0.1, -0.05) is 6.58 Å². The molecule has 0 aliphatic carbocycles. The van der Waals surface area contributed by atoms with Crippen LogP contribution in [0.5, 0.6) is 0 Å². The summed E-state index contributed by atoms with van der Waals surface area (Å²) < 4.78 is 24.0. The van der Waals surface area contributed by atoms with Crippen molar-refractivity contribution in [3.05, 3.63) is 34.2 Å². The zero-order valence-electron chi connectivity index (χ0n) is 12.4. The molecular formula is C15H19BrN2O2S2. The minimum Gasteiger partial charge on any atom is -0.350 e. The van der Waals surface area contributed by atoms with Gasteiger partial charge in [-0.25, -0.2) is 8.42 Å². The Labute approximate surface area is 143 Å². The molecular weight excluding hydrogens is 384 g/mol. The molecule has 7 heteroatoms. The number of nitrogens with one attached hydrogen (secondary N) is 1. The standard InChI is InChI=1S/C15H19BrN2O2S2/c1-10-13-7-12(21-15(13)14(16)9-18(10)2)8-17-11-3-5-22(19,20)6-4-11/h7,9,11,17H,1,3-6,8H2,2H3. The molecule has 0 amide bonds. The van der Waals surface area contributed by atoms with Crippen LogP contribution in [0.3, 0.4) is 0 Å². The smallest absolute Gasteiger partial charge is 0.150 e. The first-order valence-electron chi connectivity index (χ1n) is 7.22. The summed E-state index contributed by atoms with van der Waals surface area (Å²) in [4.78, 5) is 4.48. The normalized spacial score (nSPS) is 21.6. The highest BCUT2D eigenvalue weighted by molar-refractivity contribution is 9.15. The quantitative estimate of drug-likeness (QED) is 0.843. The lowest BCUT2D eigenvalue weighted by molar-refractivity contribution is 0.465. The highest BCUT2D eigenvalue weighted by Gasteiger charge is 2.24. The molecule has 2 aliphatic heterocycles. The van der Waals surface area contributed by atoms with Crippen LogP contribution in [0.25, 0.3) is 10.2 Å². The molecule has 1 saturated heterocycles. The highest BCUT2D eigenvalue weighted by Crippen LogP contribution is 2.40. The summed E-state index contributed by atoms with van der Waals surface area (Å²) in [6.07, 6.45) is 3.46. The molecule has 3 rings (SSSR count). The molecule has 2 aliphatic rings. The van der Waals surface area contributed by atoms with Gasteiger partial charge in [0.2, 0.25) is 0 Å². The van der Waals surface area contributed by atoms with Crippen LogP contribution in [0, 0.1) is 0 Å². The van der Waals surface area contributed by atoms with E-state index in [9.17, 15) is 8.42 Å². The Morgan fingerprint density at radius 2 is 2.14 bits per heavy atom. The fourth-order valence-electron chi connectivity index (χ4n) is 2.76. The summed E-state index contributed by atoms with van der Waals surface area (Å²) >= 11 is 5.36. The van der Waals surface area contributed by atoms with E-state index in [1.807, 2.05) is 18.1 Å². The summed E-state index contributed by atoms with van der Waals surface area (Å²) in [6.45, 7) is 4.91. The van der Waals surface area contributed by atoms with E-state index in [0.717, 1.165) is 16.7 Å². The average Bonchev–Trinajstić information content (AvgIpc) is 2.89. The molecule has 0 radical (unpaired) electrons. The third kappa shape index (κ3) is 3.32. The van der Waals surface area contributed by atoms with Crippen LogP contribution in [0.2, 0.25) is 0 Å². The third-order valence-corrected chi connectivity index (χ3v) is 7.91. The number of hydrogen-bond acceptors (Lipinski definition) is 5. The van der Waals surface area contributed by atoms with Gasteiger partial charge in [0, 0.05) is 42.0 Å². The Hall–Kier alpha value is -0.630. The maximum atomic E-state index is 11.5. The Kier molecular flexibility index (Phi) is 4.51. The predicted molar refractivity (Wildman–Crippen MR) is 96.5 cm³/mol. The second kappa shape index (κ2) is 6.11.